The Morgan fingerprint density at radius 3 is 2.24 bits per heavy atom. The summed E-state index contributed by atoms with van der Waals surface area (Å²) in [5.74, 6) is -0.572. The number of hydrogen-bond acceptors (Lipinski definition) is 8. The number of ether oxygens (including phenoxy) is 1. The summed E-state index contributed by atoms with van der Waals surface area (Å²) in [5, 5.41) is 18.8. The van der Waals surface area contributed by atoms with Crippen molar-refractivity contribution in [3.05, 3.63) is 64.7 Å². The third-order valence-corrected chi connectivity index (χ3v) is 6.99. The van der Waals surface area contributed by atoms with Gasteiger partial charge in [-0.05, 0) is 57.4 Å². The maximum atomic E-state index is 13.6. The molecule has 4 N–H and O–H groups in total. The molecule has 42 heavy (non-hydrogen) atoms. The minimum Gasteiger partial charge on any atom is -0.444 e. The summed E-state index contributed by atoms with van der Waals surface area (Å²) in [4.78, 5) is 42.3. The second-order valence-corrected chi connectivity index (χ2v) is 11.2. The summed E-state index contributed by atoms with van der Waals surface area (Å²) < 4.78 is 5.52. The number of nitrogens with two attached hydrogens (primary N) is 1. The number of carbonyl (C=O) groups is 3. The van der Waals surface area contributed by atoms with E-state index in [4.69, 9.17) is 10.5 Å². The van der Waals surface area contributed by atoms with E-state index in [9.17, 15) is 19.6 Å². The predicted octanol–water partition coefficient (Wildman–Crippen LogP) is 2.66. The zero-order chi connectivity index (χ0) is 31.0. The van der Waals surface area contributed by atoms with Crippen LogP contribution in [0, 0.1) is 6.92 Å². The Morgan fingerprint density at radius 2 is 1.67 bits per heavy atom. The van der Waals surface area contributed by atoms with Gasteiger partial charge in [0.15, 0.2) is 5.84 Å². The van der Waals surface area contributed by atoms with Crippen LogP contribution in [0.3, 0.4) is 0 Å². The van der Waals surface area contributed by atoms with Crippen molar-refractivity contribution >= 4 is 29.4 Å². The van der Waals surface area contributed by atoms with Gasteiger partial charge in [-0.25, -0.2) is 9.80 Å². The number of carbonyl (C=O) groups excluding carboxylic acids is 3. The van der Waals surface area contributed by atoms with E-state index in [1.165, 1.54) is 20.9 Å². The third-order valence-electron chi connectivity index (χ3n) is 6.99. The van der Waals surface area contributed by atoms with Crippen LogP contribution in [0.5, 0.6) is 0 Å². The first-order valence-electron chi connectivity index (χ1n) is 14.0. The number of hydrazine groups is 1. The Bertz CT molecular complexity index is 1280. The topological polar surface area (TPSA) is 144 Å². The van der Waals surface area contributed by atoms with E-state index < -0.39 is 11.7 Å². The Hall–Kier alpha value is -4.16. The van der Waals surface area contributed by atoms with Crippen molar-refractivity contribution in [1.82, 2.24) is 20.2 Å². The van der Waals surface area contributed by atoms with Gasteiger partial charge in [-0.15, -0.1) is 0 Å². The molecule has 1 aliphatic rings. The van der Waals surface area contributed by atoms with Gasteiger partial charge in [0.1, 0.15) is 5.60 Å². The van der Waals surface area contributed by atoms with Gasteiger partial charge in [-0.3, -0.25) is 19.9 Å². The highest BCUT2D eigenvalue weighted by molar-refractivity contribution is 6.01. The van der Waals surface area contributed by atoms with Gasteiger partial charge in [0.05, 0.1) is 13.1 Å². The van der Waals surface area contributed by atoms with Crippen LogP contribution in [-0.4, -0.2) is 89.2 Å². The zero-order valence-corrected chi connectivity index (χ0v) is 25.4. The average Bonchev–Trinajstić information content (AvgIpc) is 3.38. The number of nitrogens with one attached hydrogen (secondary N) is 1. The molecule has 0 bridgehead atoms. The first kappa shape index (κ1) is 32.4. The lowest BCUT2D eigenvalue weighted by molar-refractivity contribution is -0.145. The monoisotopic (exact) mass is 581 g/mol. The minimum atomic E-state index is -0.659. The lowest BCUT2D eigenvalue weighted by Gasteiger charge is -2.30. The maximum Gasteiger partial charge on any atom is 0.410 e. The number of amidine groups is 1. The molecule has 0 atom stereocenters. The smallest absolute Gasteiger partial charge is 0.410 e. The lowest BCUT2D eigenvalue weighted by atomic mass is 10.1. The number of aryl methyl sites for hydroxylation is 1. The van der Waals surface area contributed by atoms with E-state index in [1.807, 2.05) is 31.0 Å². The molecule has 1 aliphatic heterocycles. The van der Waals surface area contributed by atoms with E-state index >= 15 is 0 Å². The number of likely N-dealkylation sites (N-methyl/N-ethyl adjacent to an activating group) is 2. The molecule has 0 saturated carbocycles. The molecule has 1 heterocycles. The summed E-state index contributed by atoms with van der Waals surface area (Å²) in [5.41, 5.74) is 9.30. The molecule has 0 radical (unpaired) electrons. The number of hydrogen-bond donors (Lipinski definition) is 3. The average molecular weight is 582 g/mol. The van der Waals surface area contributed by atoms with Gasteiger partial charge in [0.2, 0.25) is 5.91 Å². The Kier molecular flexibility index (Phi) is 10.9. The summed E-state index contributed by atoms with van der Waals surface area (Å²) in [6.45, 7) is 11.0. The van der Waals surface area contributed by atoms with Crippen molar-refractivity contribution in [3.63, 3.8) is 0 Å². The first-order valence-corrected chi connectivity index (χ1v) is 14.0. The van der Waals surface area contributed by atoms with Crippen LogP contribution in [-0.2, 0) is 27.4 Å². The maximum absolute atomic E-state index is 13.6. The van der Waals surface area contributed by atoms with E-state index in [2.05, 4.69) is 22.6 Å². The largest absolute Gasteiger partial charge is 0.444 e. The van der Waals surface area contributed by atoms with Gasteiger partial charge in [-0.1, -0.05) is 41.6 Å². The predicted molar refractivity (Wildman–Crippen MR) is 161 cm³/mol. The molecule has 228 valence electrons. The molecular weight excluding hydrogens is 538 g/mol. The Balaban J connectivity index is 1.70. The minimum absolute atomic E-state index is 0.0366. The zero-order valence-electron chi connectivity index (χ0n) is 25.4. The van der Waals surface area contributed by atoms with E-state index in [0.717, 1.165) is 5.56 Å². The first-order chi connectivity index (χ1) is 19.8. The molecule has 0 fully saturated rings. The third kappa shape index (κ3) is 8.43. The molecule has 2 aromatic carbocycles. The number of nitrogens with zero attached hydrogens (tertiary/aromatic N) is 5. The van der Waals surface area contributed by atoms with Crippen molar-refractivity contribution in [2.24, 2.45) is 10.9 Å². The number of anilines is 1. The molecule has 12 nitrogen and oxygen atoms in total. The van der Waals surface area contributed by atoms with E-state index in [0.29, 0.717) is 30.9 Å². The molecule has 0 aliphatic carbocycles. The van der Waals surface area contributed by atoms with Crippen LogP contribution >= 0.6 is 0 Å². The molecular formula is C30H43N7O5. The van der Waals surface area contributed by atoms with Crippen molar-refractivity contribution < 1.29 is 24.3 Å². The number of oxime groups is 1. The second kappa shape index (κ2) is 14.1. The molecule has 2 aromatic rings. The van der Waals surface area contributed by atoms with Gasteiger partial charge in [0.25, 0.3) is 5.91 Å². The number of amides is 3. The highest BCUT2D eigenvalue weighted by Gasteiger charge is 2.26. The quantitative estimate of drug-likeness (QED) is 0.159. The fourth-order valence-electron chi connectivity index (χ4n) is 4.59. The molecule has 12 heteroatoms. The second-order valence-electron chi connectivity index (χ2n) is 11.2. The van der Waals surface area contributed by atoms with Crippen molar-refractivity contribution in [2.75, 3.05) is 44.7 Å². The van der Waals surface area contributed by atoms with E-state index in [-0.39, 0.29) is 43.8 Å². The molecule has 3 amide bonds. The number of benzene rings is 2. The summed E-state index contributed by atoms with van der Waals surface area (Å²) in [6.07, 6.45) is -0.477. The van der Waals surface area contributed by atoms with Crippen molar-refractivity contribution in [1.29, 1.82) is 0 Å². The summed E-state index contributed by atoms with van der Waals surface area (Å²) >= 11 is 0. The Labute approximate surface area is 247 Å². The van der Waals surface area contributed by atoms with Crippen LogP contribution < -0.4 is 16.0 Å². The van der Waals surface area contributed by atoms with Crippen LogP contribution in [0.25, 0.3) is 0 Å². The van der Waals surface area contributed by atoms with Crippen molar-refractivity contribution in [2.45, 2.75) is 53.3 Å². The van der Waals surface area contributed by atoms with E-state index in [1.54, 1.807) is 51.0 Å². The SMILES string of the molecule is CCN(CCN(C(=O)CNCC(=O)N(C)N1Cc2ccccc2C1)c1cc(C(N)=NO)ccc1C)C(=O)OC(C)(C)C. The van der Waals surface area contributed by atoms with Crippen molar-refractivity contribution in [3.8, 4) is 0 Å². The Morgan fingerprint density at radius 1 is 1.05 bits per heavy atom. The molecule has 0 unspecified atom stereocenters. The van der Waals surface area contributed by atoms with Gasteiger partial charge >= 0.3 is 6.09 Å². The highest BCUT2D eigenvalue weighted by atomic mass is 16.6. The molecule has 3 rings (SSSR count). The van der Waals surface area contributed by atoms with Gasteiger partial charge in [0, 0.05) is 51.0 Å². The number of rotatable bonds is 11. The lowest BCUT2D eigenvalue weighted by Crippen LogP contribution is -2.48. The van der Waals surface area contributed by atoms with Crippen LogP contribution in [0.4, 0.5) is 10.5 Å². The molecule has 0 spiro atoms. The fraction of sp³-hybridized carbons (Fsp3) is 0.467. The number of fused-ring (bicyclic) bond motifs is 1. The van der Waals surface area contributed by atoms with Gasteiger partial charge < -0.3 is 25.5 Å². The standard InChI is InChI=1S/C30H43N7O5/c1-7-35(29(40)42-30(3,4)5)14-15-37(25-16-22(28(31)33-41)13-12-21(25)2)27(39)18-32-17-26(38)34(6)36-19-23-10-8-9-11-24(23)20-36/h8-13,16,32,41H,7,14-15,17-20H2,1-6H3,(H2,31,33). The summed E-state index contributed by atoms with van der Waals surface area (Å²) in [7, 11) is 1.72. The fourth-order valence-corrected chi connectivity index (χ4v) is 4.59. The van der Waals surface area contributed by atoms with Gasteiger partial charge in [-0.2, -0.15) is 0 Å². The van der Waals surface area contributed by atoms with Crippen LogP contribution in [0.1, 0.15) is 49.9 Å². The molecule has 0 aromatic heterocycles. The normalized spacial score (nSPS) is 13.4. The summed E-state index contributed by atoms with van der Waals surface area (Å²) in [6, 6.07) is 13.2. The van der Waals surface area contributed by atoms with Crippen LogP contribution in [0.2, 0.25) is 0 Å². The molecule has 0 saturated heterocycles. The van der Waals surface area contributed by atoms with Crippen LogP contribution in [0.15, 0.2) is 47.6 Å². The highest BCUT2D eigenvalue weighted by Crippen LogP contribution is 2.24.